The number of hydrogen-bond acceptors (Lipinski definition) is 7. The van der Waals surface area contributed by atoms with E-state index in [1.165, 1.54) is 11.3 Å². The van der Waals surface area contributed by atoms with Crippen LogP contribution in [-0.2, 0) is 20.7 Å². The number of amides is 1. The summed E-state index contributed by atoms with van der Waals surface area (Å²) in [5.41, 5.74) is 0.551. The van der Waals surface area contributed by atoms with Crippen molar-refractivity contribution in [3.8, 4) is 17.2 Å². The highest BCUT2D eigenvalue weighted by Crippen LogP contribution is 2.25. The predicted octanol–water partition coefficient (Wildman–Crippen LogP) is 4.06. The van der Waals surface area contributed by atoms with Gasteiger partial charge in [-0.05, 0) is 31.2 Å². The van der Waals surface area contributed by atoms with Crippen LogP contribution >= 0.6 is 11.3 Å². The Balaban J connectivity index is 1.49. The molecule has 3 aromatic rings. The Hall–Kier alpha value is -3.39. The van der Waals surface area contributed by atoms with Gasteiger partial charge in [-0.2, -0.15) is 0 Å². The average molecular weight is 412 g/mol. The zero-order valence-corrected chi connectivity index (χ0v) is 16.6. The summed E-state index contributed by atoms with van der Waals surface area (Å²) >= 11 is 1.24. The first kappa shape index (κ1) is 20.3. The number of nitrogens with one attached hydrogen (secondary N) is 1. The van der Waals surface area contributed by atoms with Crippen LogP contribution in [0, 0.1) is 0 Å². The van der Waals surface area contributed by atoms with Gasteiger partial charge in [0.25, 0.3) is 5.91 Å². The van der Waals surface area contributed by atoms with E-state index in [2.05, 4.69) is 10.3 Å². The normalized spacial score (nSPS) is 10.2. The number of carbonyl (C=O) groups is 2. The fraction of sp³-hybridized carbons (Fsp3) is 0.190. The van der Waals surface area contributed by atoms with Gasteiger partial charge < -0.3 is 14.2 Å². The fourth-order valence-electron chi connectivity index (χ4n) is 2.36. The largest absolute Gasteiger partial charge is 0.484 e. The molecule has 2 aromatic carbocycles. The molecule has 1 amide bonds. The number of nitrogens with zero attached hydrogens (tertiary/aromatic N) is 1. The molecule has 0 aliphatic heterocycles. The highest BCUT2D eigenvalue weighted by Gasteiger charge is 2.11. The van der Waals surface area contributed by atoms with Crippen molar-refractivity contribution in [2.45, 2.75) is 13.3 Å². The summed E-state index contributed by atoms with van der Waals surface area (Å²) in [6.07, 6.45) is 0.0743. The summed E-state index contributed by atoms with van der Waals surface area (Å²) < 4.78 is 16.2. The molecule has 0 spiro atoms. The molecule has 29 heavy (non-hydrogen) atoms. The third kappa shape index (κ3) is 6.62. The molecule has 0 saturated heterocycles. The van der Waals surface area contributed by atoms with Crippen molar-refractivity contribution in [1.29, 1.82) is 0 Å². The van der Waals surface area contributed by atoms with Crippen LogP contribution in [0.15, 0.2) is 60.0 Å². The zero-order chi connectivity index (χ0) is 20.5. The molecule has 150 valence electrons. The van der Waals surface area contributed by atoms with Gasteiger partial charge in [0.2, 0.25) is 0 Å². The maximum Gasteiger partial charge on any atom is 0.311 e. The van der Waals surface area contributed by atoms with Crippen LogP contribution in [0.4, 0.5) is 5.13 Å². The van der Waals surface area contributed by atoms with E-state index in [0.717, 1.165) is 0 Å². The first-order chi connectivity index (χ1) is 14.1. The quantitative estimate of drug-likeness (QED) is 0.534. The van der Waals surface area contributed by atoms with Crippen LogP contribution in [0.2, 0.25) is 0 Å². The Morgan fingerprint density at radius 2 is 1.79 bits per heavy atom. The zero-order valence-electron chi connectivity index (χ0n) is 15.8. The van der Waals surface area contributed by atoms with E-state index in [4.69, 9.17) is 14.2 Å². The number of aromatic nitrogens is 1. The fourth-order valence-corrected chi connectivity index (χ4v) is 3.09. The lowest BCUT2D eigenvalue weighted by atomic mass is 10.3. The maximum atomic E-state index is 12.1. The van der Waals surface area contributed by atoms with Gasteiger partial charge in [-0.3, -0.25) is 14.9 Å². The van der Waals surface area contributed by atoms with Crippen LogP contribution in [-0.4, -0.2) is 30.1 Å². The highest BCUT2D eigenvalue weighted by atomic mass is 32.1. The second-order valence-electron chi connectivity index (χ2n) is 5.85. The van der Waals surface area contributed by atoms with Crippen LogP contribution in [0.1, 0.15) is 12.6 Å². The molecule has 1 aromatic heterocycles. The monoisotopic (exact) mass is 412 g/mol. The van der Waals surface area contributed by atoms with Gasteiger partial charge in [0.15, 0.2) is 11.7 Å². The smallest absolute Gasteiger partial charge is 0.311 e. The summed E-state index contributed by atoms with van der Waals surface area (Å²) in [4.78, 5) is 27.8. The van der Waals surface area contributed by atoms with E-state index in [0.29, 0.717) is 34.7 Å². The van der Waals surface area contributed by atoms with Gasteiger partial charge in [0.05, 0.1) is 18.7 Å². The van der Waals surface area contributed by atoms with Gasteiger partial charge in [-0.15, -0.1) is 11.3 Å². The van der Waals surface area contributed by atoms with Crippen molar-refractivity contribution in [3.05, 3.63) is 65.7 Å². The summed E-state index contributed by atoms with van der Waals surface area (Å²) in [6, 6.07) is 16.4. The topological polar surface area (TPSA) is 86.8 Å². The number of thiazole rings is 1. The Bertz CT molecular complexity index is 958. The molecule has 1 heterocycles. The van der Waals surface area contributed by atoms with E-state index in [9.17, 15) is 9.59 Å². The highest BCUT2D eigenvalue weighted by molar-refractivity contribution is 7.13. The third-order valence-corrected chi connectivity index (χ3v) is 4.39. The number of benzene rings is 2. The Labute approximate surface area is 172 Å². The van der Waals surface area contributed by atoms with E-state index < -0.39 is 0 Å². The van der Waals surface area contributed by atoms with Crippen LogP contribution in [0.25, 0.3) is 0 Å². The number of carbonyl (C=O) groups excluding carboxylic acids is 2. The minimum Gasteiger partial charge on any atom is -0.484 e. The first-order valence-corrected chi connectivity index (χ1v) is 9.86. The molecular weight excluding hydrogens is 392 g/mol. The molecule has 0 fully saturated rings. The molecule has 0 atom stereocenters. The number of esters is 1. The molecule has 1 N–H and O–H groups in total. The number of anilines is 1. The van der Waals surface area contributed by atoms with Crippen molar-refractivity contribution in [1.82, 2.24) is 4.98 Å². The molecule has 8 heteroatoms. The molecular formula is C21H20N2O5S. The number of rotatable bonds is 9. The second kappa shape index (κ2) is 10.2. The maximum absolute atomic E-state index is 12.1. The number of hydrogen-bond donors (Lipinski definition) is 1. The SMILES string of the molecule is CCOC(=O)Cc1csc(NC(=O)COc2cccc(Oc3ccccc3)c2)n1. The lowest BCUT2D eigenvalue weighted by Gasteiger charge is -2.09. The Morgan fingerprint density at radius 1 is 1.03 bits per heavy atom. The van der Waals surface area contributed by atoms with Gasteiger partial charge >= 0.3 is 5.97 Å². The summed E-state index contributed by atoms with van der Waals surface area (Å²) in [6.45, 7) is 1.89. The second-order valence-corrected chi connectivity index (χ2v) is 6.71. The average Bonchev–Trinajstić information content (AvgIpc) is 3.14. The van der Waals surface area contributed by atoms with Crippen LogP contribution in [0.5, 0.6) is 17.2 Å². The lowest BCUT2D eigenvalue weighted by Crippen LogP contribution is -2.20. The van der Waals surface area contributed by atoms with Crippen molar-refractivity contribution in [3.63, 3.8) is 0 Å². The summed E-state index contributed by atoms with van der Waals surface area (Å²) in [7, 11) is 0. The summed E-state index contributed by atoms with van der Waals surface area (Å²) in [5, 5.41) is 4.76. The summed E-state index contributed by atoms with van der Waals surface area (Å²) in [5.74, 6) is 1.13. The molecule has 0 aliphatic carbocycles. The minimum atomic E-state index is -0.351. The van der Waals surface area contributed by atoms with Gasteiger partial charge in [-0.25, -0.2) is 4.98 Å². The molecule has 3 rings (SSSR count). The van der Waals surface area contributed by atoms with E-state index in [1.54, 1.807) is 36.6 Å². The van der Waals surface area contributed by atoms with E-state index in [-0.39, 0.29) is 24.9 Å². The number of ether oxygens (including phenoxy) is 3. The predicted molar refractivity (Wildman–Crippen MR) is 110 cm³/mol. The minimum absolute atomic E-state index is 0.0743. The molecule has 0 radical (unpaired) electrons. The molecule has 0 aliphatic rings. The van der Waals surface area contributed by atoms with Gasteiger partial charge in [-0.1, -0.05) is 24.3 Å². The first-order valence-electron chi connectivity index (χ1n) is 8.98. The van der Waals surface area contributed by atoms with Gasteiger partial charge in [0, 0.05) is 11.4 Å². The molecule has 7 nitrogen and oxygen atoms in total. The van der Waals surface area contributed by atoms with Crippen molar-refractivity contribution < 1.29 is 23.8 Å². The lowest BCUT2D eigenvalue weighted by molar-refractivity contribution is -0.142. The Morgan fingerprint density at radius 3 is 2.59 bits per heavy atom. The van der Waals surface area contributed by atoms with E-state index >= 15 is 0 Å². The molecule has 0 unspecified atom stereocenters. The van der Waals surface area contributed by atoms with Crippen molar-refractivity contribution in [2.24, 2.45) is 0 Å². The van der Waals surface area contributed by atoms with Gasteiger partial charge in [0.1, 0.15) is 17.2 Å². The van der Waals surface area contributed by atoms with Crippen molar-refractivity contribution >= 4 is 28.3 Å². The standard InChI is InChI=1S/C21H20N2O5S/c1-2-26-20(25)11-15-14-29-21(22-15)23-19(24)13-27-17-9-6-10-18(12-17)28-16-7-4-3-5-8-16/h3-10,12,14H,2,11,13H2,1H3,(H,22,23,24). The van der Waals surface area contributed by atoms with E-state index in [1.807, 2.05) is 30.3 Å². The number of para-hydroxylation sites is 1. The molecule has 0 saturated carbocycles. The molecule has 0 bridgehead atoms. The third-order valence-electron chi connectivity index (χ3n) is 3.58. The van der Waals surface area contributed by atoms with Crippen LogP contribution in [0.3, 0.4) is 0 Å². The Kier molecular flexibility index (Phi) is 7.18. The van der Waals surface area contributed by atoms with Crippen LogP contribution < -0.4 is 14.8 Å². The van der Waals surface area contributed by atoms with Crippen molar-refractivity contribution in [2.75, 3.05) is 18.5 Å².